The number of nitrogens with zero attached hydrogens (tertiary/aromatic N) is 3. The monoisotopic (exact) mass is 449 g/mol. The number of anilines is 1. The van der Waals surface area contributed by atoms with Crippen LogP contribution in [-0.4, -0.2) is 63.0 Å². The zero-order chi connectivity index (χ0) is 23.3. The van der Waals surface area contributed by atoms with E-state index in [0.717, 1.165) is 17.0 Å². The van der Waals surface area contributed by atoms with Crippen molar-refractivity contribution in [2.45, 2.75) is 31.8 Å². The Labute approximate surface area is 189 Å². The summed E-state index contributed by atoms with van der Waals surface area (Å²) < 4.78 is 2.01. The molecule has 1 unspecified atom stereocenters. The fourth-order valence-corrected chi connectivity index (χ4v) is 4.73. The summed E-state index contributed by atoms with van der Waals surface area (Å²) in [5, 5.41) is 5.20. The number of nitrogens with one attached hydrogen (secondary N) is 2. The second kappa shape index (κ2) is 7.88. The van der Waals surface area contributed by atoms with Gasteiger partial charge >= 0.3 is 0 Å². The number of carbonyl (C=O) groups is 5. The lowest BCUT2D eigenvalue weighted by Crippen LogP contribution is -2.54. The van der Waals surface area contributed by atoms with E-state index in [1.807, 2.05) is 17.8 Å². The molecule has 4 heterocycles. The van der Waals surface area contributed by atoms with E-state index in [-0.39, 0.29) is 36.4 Å². The van der Waals surface area contributed by atoms with E-state index in [2.05, 4.69) is 16.7 Å². The second-order valence-electron chi connectivity index (χ2n) is 8.49. The van der Waals surface area contributed by atoms with Gasteiger partial charge in [-0.15, -0.1) is 0 Å². The number of amides is 5. The minimum absolute atomic E-state index is 0.0317. The molecule has 1 fully saturated rings. The summed E-state index contributed by atoms with van der Waals surface area (Å²) in [7, 11) is 1.95. The number of hydrogen-bond donors (Lipinski definition) is 2. The Balaban J connectivity index is 1.31. The Morgan fingerprint density at radius 3 is 2.73 bits per heavy atom. The van der Waals surface area contributed by atoms with E-state index in [1.165, 1.54) is 11.6 Å². The Morgan fingerprint density at radius 1 is 1.12 bits per heavy atom. The molecule has 170 valence electrons. The highest BCUT2D eigenvalue weighted by Gasteiger charge is 2.45. The summed E-state index contributed by atoms with van der Waals surface area (Å²) in [5.74, 6) is -2.37. The molecule has 3 aliphatic rings. The van der Waals surface area contributed by atoms with Gasteiger partial charge in [0, 0.05) is 37.6 Å². The molecule has 2 N–H and O–H groups in total. The van der Waals surface area contributed by atoms with Crippen LogP contribution in [-0.2, 0) is 34.4 Å². The van der Waals surface area contributed by atoms with Gasteiger partial charge in [0.15, 0.2) is 0 Å². The molecule has 2 aromatic rings. The Hall–Kier alpha value is -3.95. The number of carbonyl (C=O) groups excluding carboxylic acids is 5. The molecule has 1 atom stereocenters. The van der Waals surface area contributed by atoms with E-state index in [9.17, 15) is 24.0 Å². The molecule has 0 spiro atoms. The van der Waals surface area contributed by atoms with E-state index in [1.54, 1.807) is 17.0 Å². The molecule has 5 rings (SSSR count). The van der Waals surface area contributed by atoms with Gasteiger partial charge in [-0.25, -0.2) is 0 Å². The molecule has 10 nitrogen and oxygen atoms in total. The van der Waals surface area contributed by atoms with E-state index < -0.39 is 29.7 Å². The molecule has 0 saturated carbocycles. The van der Waals surface area contributed by atoms with Crippen LogP contribution in [0.3, 0.4) is 0 Å². The van der Waals surface area contributed by atoms with Gasteiger partial charge in [-0.1, -0.05) is 6.07 Å². The third-order valence-corrected chi connectivity index (χ3v) is 6.54. The van der Waals surface area contributed by atoms with Gasteiger partial charge in [0.05, 0.1) is 24.2 Å². The molecule has 0 bridgehead atoms. The zero-order valence-electron chi connectivity index (χ0n) is 18.1. The van der Waals surface area contributed by atoms with Crippen molar-refractivity contribution in [2.24, 2.45) is 7.05 Å². The fourth-order valence-electron chi connectivity index (χ4n) is 4.73. The molecular weight excluding hydrogens is 426 g/mol. The van der Waals surface area contributed by atoms with Gasteiger partial charge in [-0.2, -0.15) is 0 Å². The molecule has 5 amide bonds. The van der Waals surface area contributed by atoms with Crippen LogP contribution in [0.15, 0.2) is 30.5 Å². The highest BCUT2D eigenvalue weighted by Crippen LogP contribution is 2.32. The molecule has 1 aromatic carbocycles. The lowest BCUT2D eigenvalue weighted by Gasteiger charge is -2.28. The summed E-state index contributed by atoms with van der Waals surface area (Å²) in [6.07, 6.45) is 2.92. The van der Waals surface area contributed by atoms with Crippen LogP contribution in [0.25, 0.3) is 0 Å². The van der Waals surface area contributed by atoms with Crippen LogP contribution in [0.5, 0.6) is 0 Å². The average Bonchev–Trinajstić information content (AvgIpc) is 3.29. The number of imide groups is 2. The standard InChI is InChI=1S/C23H23N5O5/c1-26-9-7-13-8-10-27(12-17(13)26)19(30)11-24-15-4-2-3-14-20(15)23(33)28(22(14)32)16-5-6-18(29)25-21(16)31/h2-4,7,9,16,24H,5-6,8,10-12H2,1H3,(H,25,29,31). The van der Waals surface area contributed by atoms with Crippen molar-refractivity contribution in [2.75, 3.05) is 18.4 Å². The second-order valence-corrected chi connectivity index (χ2v) is 8.49. The molecule has 1 aromatic heterocycles. The van der Waals surface area contributed by atoms with E-state index in [4.69, 9.17) is 0 Å². The molecule has 0 aliphatic carbocycles. The normalized spacial score (nSPS) is 20.0. The highest BCUT2D eigenvalue weighted by molar-refractivity contribution is 6.25. The SMILES string of the molecule is Cn1ccc2c1CN(C(=O)CNc1cccc3c1C(=O)N(C1CCC(=O)NC1=O)C3=O)CC2. The molecule has 10 heteroatoms. The Kier molecular flexibility index (Phi) is 4.99. The molecular formula is C23H23N5O5. The zero-order valence-corrected chi connectivity index (χ0v) is 18.1. The maximum Gasteiger partial charge on any atom is 0.264 e. The van der Waals surface area contributed by atoms with E-state index >= 15 is 0 Å². The minimum Gasteiger partial charge on any atom is -0.375 e. The average molecular weight is 449 g/mol. The summed E-state index contributed by atoms with van der Waals surface area (Å²) in [4.78, 5) is 65.3. The predicted molar refractivity (Wildman–Crippen MR) is 116 cm³/mol. The van der Waals surface area contributed by atoms with E-state index in [0.29, 0.717) is 18.8 Å². The van der Waals surface area contributed by atoms with Crippen molar-refractivity contribution >= 4 is 35.2 Å². The summed E-state index contributed by atoms with van der Waals surface area (Å²) in [6, 6.07) is 5.83. The number of aryl methyl sites for hydroxylation is 1. The topological polar surface area (TPSA) is 121 Å². The van der Waals surface area contributed by atoms with Crippen molar-refractivity contribution in [1.82, 2.24) is 19.7 Å². The van der Waals surface area contributed by atoms with Crippen LogP contribution in [0, 0.1) is 0 Å². The van der Waals surface area contributed by atoms with Crippen molar-refractivity contribution < 1.29 is 24.0 Å². The first kappa shape index (κ1) is 20.9. The van der Waals surface area contributed by atoms with Gasteiger partial charge < -0.3 is 14.8 Å². The van der Waals surface area contributed by atoms with Crippen molar-refractivity contribution in [3.8, 4) is 0 Å². The van der Waals surface area contributed by atoms with Crippen LogP contribution >= 0.6 is 0 Å². The number of benzene rings is 1. The molecule has 0 radical (unpaired) electrons. The summed E-state index contributed by atoms with van der Waals surface area (Å²) in [6.45, 7) is 1.11. The molecule has 1 saturated heterocycles. The Bertz CT molecular complexity index is 1220. The van der Waals surface area contributed by atoms with Crippen LogP contribution in [0.1, 0.15) is 44.8 Å². The maximum absolute atomic E-state index is 13.1. The van der Waals surface area contributed by atoms with Crippen LogP contribution in [0.4, 0.5) is 5.69 Å². The lowest BCUT2D eigenvalue weighted by atomic mass is 10.0. The van der Waals surface area contributed by atoms with Crippen molar-refractivity contribution in [3.05, 3.63) is 52.8 Å². The van der Waals surface area contributed by atoms with Gasteiger partial charge in [0.2, 0.25) is 17.7 Å². The number of piperidine rings is 1. The smallest absolute Gasteiger partial charge is 0.264 e. The third kappa shape index (κ3) is 3.47. The Morgan fingerprint density at radius 2 is 1.94 bits per heavy atom. The van der Waals surface area contributed by atoms with Crippen LogP contribution < -0.4 is 10.6 Å². The molecule has 33 heavy (non-hydrogen) atoms. The molecule has 3 aliphatic heterocycles. The van der Waals surface area contributed by atoms with Gasteiger partial charge in [-0.05, 0) is 36.6 Å². The quantitative estimate of drug-likeness (QED) is 0.653. The van der Waals surface area contributed by atoms with Crippen LogP contribution in [0.2, 0.25) is 0 Å². The van der Waals surface area contributed by atoms with Gasteiger partial charge in [0.25, 0.3) is 11.8 Å². The first-order valence-electron chi connectivity index (χ1n) is 10.8. The highest BCUT2D eigenvalue weighted by atomic mass is 16.2. The summed E-state index contributed by atoms with van der Waals surface area (Å²) >= 11 is 0. The van der Waals surface area contributed by atoms with Crippen molar-refractivity contribution in [1.29, 1.82) is 0 Å². The number of aromatic nitrogens is 1. The third-order valence-electron chi connectivity index (χ3n) is 6.54. The number of hydrogen-bond acceptors (Lipinski definition) is 6. The number of fused-ring (bicyclic) bond motifs is 2. The van der Waals surface area contributed by atoms with Gasteiger partial charge in [0.1, 0.15) is 6.04 Å². The minimum atomic E-state index is -1.03. The maximum atomic E-state index is 13.1. The van der Waals surface area contributed by atoms with Gasteiger partial charge in [-0.3, -0.25) is 34.2 Å². The lowest BCUT2D eigenvalue weighted by molar-refractivity contribution is -0.136. The first-order chi connectivity index (χ1) is 15.8. The summed E-state index contributed by atoms with van der Waals surface area (Å²) in [5.41, 5.74) is 3.03. The number of rotatable bonds is 4. The first-order valence-corrected chi connectivity index (χ1v) is 10.8. The van der Waals surface area contributed by atoms with Crippen molar-refractivity contribution in [3.63, 3.8) is 0 Å². The predicted octanol–water partition coefficient (Wildman–Crippen LogP) is 0.423. The fraction of sp³-hybridized carbons (Fsp3) is 0.348. The largest absolute Gasteiger partial charge is 0.375 e.